The molecule has 2 unspecified atom stereocenters. The van der Waals surface area contributed by atoms with E-state index in [9.17, 15) is 45.3 Å². The van der Waals surface area contributed by atoms with Crippen LogP contribution >= 0.6 is 0 Å². The molecule has 0 aromatic rings. The van der Waals surface area contributed by atoms with Crippen LogP contribution in [-0.2, 0) is 38.0 Å². The van der Waals surface area contributed by atoms with Crippen LogP contribution in [0.3, 0.4) is 0 Å². The maximum absolute atomic E-state index is 13.0. The molecule has 0 radical (unpaired) electrons. The fourth-order valence-corrected chi connectivity index (χ4v) is 10.2. The van der Waals surface area contributed by atoms with E-state index in [-0.39, 0.29) is 12.5 Å². The predicted molar refractivity (Wildman–Crippen MR) is 266 cm³/mol. The van der Waals surface area contributed by atoms with Gasteiger partial charge in [0.15, 0.2) is 18.9 Å². The van der Waals surface area contributed by atoms with E-state index < -0.39 is 117 Å². The van der Waals surface area contributed by atoms with Crippen LogP contribution in [0.1, 0.15) is 208 Å². The van der Waals surface area contributed by atoms with Crippen LogP contribution in [0, 0.1) is 5.92 Å². The number of ether oxygens (including phenoxy) is 6. The second-order valence-corrected chi connectivity index (χ2v) is 20.7. The highest BCUT2D eigenvalue weighted by atomic mass is 16.8. The van der Waals surface area contributed by atoms with E-state index in [1.165, 1.54) is 156 Å². The van der Waals surface area contributed by atoms with E-state index in [1.807, 2.05) is 0 Å². The fourth-order valence-electron chi connectivity index (χ4n) is 10.2. The number of aliphatic hydroxyl groups excluding tert-OH is 7. The van der Waals surface area contributed by atoms with E-state index >= 15 is 0 Å². The molecule has 3 saturated heterocycles. The average Bonchev–Trinajstić information content (AvgIpc) is 3.33. The van der Waals surface area contributed by atoms with Crippen molar-refractivity contribution >= 4 is 11.8 Å². The number of amides is 2. The molecule has 3 aliphatic heterocycles. The van der Waals surface area contributed by atoms with Crippen molar-refractivity contribution in [3.63, 3.8) is 0 Å². The lowest BCUT2D eigenvalue weighted by Crippen LogP contribution is -2.70. The Bertz CT molecular complexity index is 1350. The Balaban J connectivity index is 1.78. The second-order valence-electron chi connectivity index (χ2n) is 20.7. The van der Waals surface area contributed by atoms with Crippen LogP contribution in [0.25, 0.3) is 0 Å². The third kappa shape index (κ3) is 22.5. The van der Waals surface area contributed by atoms with E-state index in [2.05, 4.69) is 24.5 Å². The normalized spacial score (nSPS) is 31.9. The molecule has 0 saturated carbocycles. The highest BCUT2D eigenvalue weighted by Crippen LogP contribution is 2.35. The third-order valence-corrected chi connectivity index (χ3v) is 14.5. The minimum Gasteiger partial charge on any atom is -0.394 e. The first-order chi connectivity index (χ1) is 33.8. The first kappa shape index (κ1) is 62.7. The number of hydrogen-bond donors (Lipinski definition) is 9. The number of rotatable bonds is 38. The van der Waals surface area contributed by atoms with Crippen molar-refractivity contribution in [2.45, 2.75) is 300 Å². The van der Waals surface area contributed by atoms with Gasteiger partial charge < -0.3 is 74.8 Å². The van der Waals surface area contributed by atoms with Gasteiger partial charge in [-0.1, -0.05) is 174 Å². The standard InChI is InChI=1S/C53H100N2O15/c1-6-8-10-12-14-16-18-20-22-24-26-28-30-32-39(31-29-27-25-23-21-19-17-15-13-11-9-7-2)35-65-51-43(55-38(5)59)50(70-53-48(64)47(63)44(60)36(3)66-53)49(41(34-57)68-51)69-52-42(54-37(4)58)46(62)45(61)40(33-56)67-52/h36,39-53,56-57,60-64H,6-35H2,1-5H3,(H,54,58)(H,55,59)/t36-,39?,40-,41-,42-,43-,44+,45+,46-,47+,48-,49-,50-,51-,52+,53?/m1/s1. The van der Waals surface area contributed by atoms with Gasteiger partial charge in [0.05, 0.1) is 25.9 Å². The van der Waals surface area contributed by atoms with Crippen LogP contribution in [0.2, 0.25) is 0 Å². The van der Waals surface area contributed by atoms with Gasteiger partial charge in [-0.15, -0.1) is 0 Å². The topological polar surface area (TPSA) is 255 Å². The van der Waals surface area contributed by atoms with E-state index in [1.54, 1.807) is 0 Å². The number of unbranched alkanes of at least 4 members (excludes halogenated alkanes) is 23. The van der Waals surface area contributed by atoms with Gasteiger partial charge in [-0.3, -0.25) is 9.59 Å². The molecule has 2 amide bonds. The summed E-state index contributed by atoms with van der Waals surface area (Å²) >= 11 is 0. The SMILES string of the molecule is CCCCCCCCCCCCCCCC(CCCCCCCCCCCCCC)CO[C@@H]1O[C@H](CO)[C@@H](O[C@@H]2O[C@H](CO)[C@H](O)[C@H](O)[C@H]2NC(C)=O)[C@H](OC2O[C@H](C)[C@H](O)[C@H](O)[C@H]2O)[C@H]1NC(C)=O. The van der Waals surface area contributed by atoms with Crippen molar-refractivity contribution in [1.82, 2.24) is 10.6 Å². The maximum Gasteiger partial charge on any atom is 0.217 e. The Hall–Kier alpha value is -1.58. The molecule has 3 heterocycles. The number of aliphatic hydroxyl groups is 7. The van der Waals surface area contributed by atoms with Crippen molar-refractivity contribution in [2.75, 3.05) is 19.8 Å². The van der Waals surface area contributed by atoms with Gasteiger partial charge in [0, 0.05) is 13.8 Å². The van der Waals surface area contributed by atoms with Crippen LogP contribution in [0.4, 0.5) is 0 Å². The van der Waals surface area contributed by atoms with Crippen molar-refractivity contribution in [3.8, 4) is 0 Å². The minimum absolute atomic E-state index is 0.164. The smallest absolute Gasteiger partial charge is 0.217 e. The Morgan fingerprint density at radius 3 is 1.33 bits per heavy atom. The lowest BCUT2D eigenvalue weighted by molar-refractivity contribution is -0.366. The quantitative estimate of drug-likeness (QED) is 0.0324. The summed E-state index contributed by atoms with van der Waals surface area (Å²) in [6.07, 6.45) is 14.3. The zero-order chi connectivity index (χ0) is 51.3. The summed E-state index contributed by atoms with van der Waals surface area (Å²) in [4.78, 5) is 25.4. The lowest BCUT2D eigenvalue weighted by atomic mass is 9.93. The van der Waals surface area contributed by atoms with Crippen LogP contribution in [-0.4, -0.2) is 159 Å². The molecule has 0 aromatic carbocycles. The van der Waals surface area contributed by atoms with Gasteiger partial charge in [0.1, 0.15) is 67.0 Å². The van der Waals surface area contributed by atoms with Crippen LogP contribution in [0.15, 0.2) is 0 Å². The molecule has 17 nitrogen and oxygen atoms in total. The lowest BCUT2D eigenvalue weighted by Gasteiger charge is -2.50. The molecule has 0 aromatic heterocycles. The van der Waals surface area contributed by atoms with E-state index in [0.29, 0.717) is 0 Å². The molecule has 0 aliphatic carbocycles. The molecule has 9 N–H and O–H groups in total. The Morgan fingerprint density at radius 2 is 0.886 bits per heavy atom. The van der Waals surface area contributed by atoms with Crippen LogP contribution in [0.5, 0.6) is 0 Å². The Labute approximate surface area is 420 Å². The van der Waals surface area contributed by atoms with Gasteiger partial charge in [0.2, 0.25) is 11.8 Å². The van der Waals surface area contributed by atoms with Gasteiger partial charge in [-0.25, -0.2) is 0 Å². The molecule has 3 rings (SSSR count). The summed E-state index contributed by atoms with van der Waals surface area (Å²) < 4.78 is 37.6. The molecule has 16 atom stereocenters. The van der Waals surface area contributed by atoms with Crippen LogP contribution < -0.4 is 10.6 Å². The maximum atomic E-state index is 13.0. The molecule has 70 heavy (non-hydrogen) atoms. The summed E-state index contributed by atoms with van der Waals surface area (Å²) in [5.74, 6) is -0.935. The molecular formula is C53H100N2O15. The summed E-state index contributed by atoms with van der Waals surface area (Å²) in [5, 5.41) is 80.6. The first-order valence-electron chi connectivity index (χ1n) is 27.8. The zero-order valence-corrected chi connectivity index (χ0v) is 43.8. The molecule has 0 bridgehead atoms. The third-order valence-electron chi connectivity index (χ3n) is 14.5. The Kier molecular flexibility index (Phi) is 32.6. The summed E-state index contributed by atoms with van der Waals surface area (Å²) in [7, 11) is 0. The second kappa shape index (κ2) is 36.4. The number of nitrogens with one attached hydrogen (secondary N) is 2. The Morgan fingerprint density at radius 1 is 0.471 bits per heavy atom. The van der Waals surface area contributed by atoms with Gasteiger partial charge in [-0.2, -0.15) is 0 Å². The molecule has 17 heteroatoms. The molecule has 3 fully saturated rings. The fraction of sp³-hybridized carbons (Fsp3) is 0.962. The van der Waals surface area contributed by atoms with Crippen molar-refractivity contribution < 1.29 is 73.8 Å². The molecule has 412 valence electrons. The van der Waals surface area contributed by atoms with Gasteiger partial charge in [-0.05, 0) is 25.7 Å². The molecule has 3 aliphatic rings. The average molecular weight is 1010 g/mol. The van der Waals surface area contributed by atoms with E-state index in [0.717, 1.165) is 38.5 Å². The molecular weight excluding hydrogens is 905 g/mol. The van der Waals surface area contributed by atoms with E-state index in [4.69, 9.17) is 28.4 Å². The molecule has 0 spiro atoms. The highest BCUT2D eigenvalue weighted by molar-refractivity contribution is 5.73. The monoisotopic (exact) mass is 1000 g/mol. The minimum atomic E-state index is -1.77. The highest BCUT2D eigenvalue weighted by Gasteiger charge is 2.55. The van der Waals surface area contributed by atoms with Crippen molar-refractivity contribution in [2.24, 2.45) is 5.92 Å². The number of hydrogen-bond acceptors (Lipinski definition) is 15. The van der Waals surface area contributed by atoms with Crippen molar-refractivity contribution in [3.05, 3.63) is 0 Å². The number of carbonyl (C=O) groups excluding carboxylic acids is 2. The predicted octanol–water partition coefficient (Wildman–Crippen LogP) is 5.96. The number of carbonyl (C=O) groups is 2. The first-order valence-corrected chi connectivity index (χ1v) is 27.8. The summed E-state index contributed by atoms with van der Waals surface area (Å²) in [6.45, 7) is 7.35. The van der Waals surface area contributed by atoms with Gasteiger partial charge in [0.25, 0.3) is 0 Å². The van der Waals surface area contributed by atoms with Gasteiger partial charge >= 0.3 is 0 Å². The summed E-state index contributed by atoms with van der Waals surface area (Å²) in [5.41, 5.74) is 0. The zero-order valence-electron chi connectivity index (χ0n) is 43.8. The largest absolute Gasteiger partial charge is 0.394 e. The summed E-state index contributed by atoms with van der Waals surface area (Å²) in [6, 6.07) is -2.58. The van der Waals surface area contributed by atoms with Crippen molar-refractivity contribution in [1.29, 1.82) is 0 Å².